The van der Waals surface area contributed by atoms with Crippen LogP contribution < -0.4 is 15.0 Å². The number of aromatic nitrogens is 5. The summed E-state index contributed by atoms with van der Waals surface area (Å²) in [4.78, 5) is 18.2. The van der Waals surface area contributed by atoms with E-state index in [1.807, 2.05) is 54.1 Å². The Hall–Kier alpha value is -3.76. The second-order valence-electron chi connectivity index (χ2n) is 9.46. The summed E-state index contributed by atoms with van der Waals surface area (Å²) in [7, 11) is 0. The minimum Gasteiger partial charge on any atom is -0.454 e. The minimum atomic E-state index is -0.0947. The first-order valence-corrected chi connectivity index (χ1v) is 12.2. The van der Waals surface area contributed by atoms with Gasteiger partial charge in [0.2, 0.25) is 6.79 Å². The lowest BCUT2D eigenvalue weighted by atomic mass is 10.1. The largest absolute Gasteiger partial charge is 0.454 e. The molecule has 2 aliphatic heterocycles. The fourth-order valence-electron chi connectivity index (χ4n) is 4.84. The summed E-state index contributed by atoms with van der Waals surface area (Å²) in [5.41, 5.74) is 3.58. The van der Waals surface area contributed by atoms with Crippen molar-refractivity contribution in [2.75, 3.05) is 13.4 Å². The third kappa shape index (κ3) is 4.82. The molecule has 10 nitrogen and oxygen atoms in total. The molecule has 2 aliphatic rings. The Bertz CT molecular complexity index is 1440. The van der Waals surface area contributed by atoms with Crippen molar-refractivity contribution in [3.05, 3.63) is 75.3 Å². The number of H-pyrrole nitrogens is 1. The van der Waals surface area contributed by atoms with Crippen molar-refractivity contribution in [2.24, 2.45) is 0 Å². The molecule has 4 aromatic rings. The maximum absolute atomic E-state index is 13.0. The molecule has 6 rings (SSSR count). The number of tetrazole rings is 1. The van der Waals surface area contributed by atoms with Crippen molar-refractivity contribution >= 4 is 10.9 Å². The Labute approximate surface area is 207 Å². The molecule has 0 bridgehead atoms. The molecule has 36 heavy (non-hydrogen) atoms. The van der Waals surface area contributed by atoms with Gasteiger partial charge in [-0.3, -0.25) is 9.69 Å². The molecule has 1 N–H and O–H groups in total. The van der Waals surface area contributed by atoms with Crippen LogP contribution >= 0.6 is 0 Å². The number of hydrogen-bond acceptors (Lipinski definition) is 8. The molecule has 10 heteroatoms. The van der Waals surface area contributed by atoms with Gasteiger partial charge in [0.05, 0.1) is 19.2 Å². The third-order valence-corrected chi connectivity index (χ3v) is 6.69. The Morgan fingerprint density at radius 1 is 1.08 bits per heavy atom. The van der Waals surface area contributed by atoms with Crippen LogP contribution in [0.3, 0.4) is 0 Å². The highest BCUT2D eigenvalue weighted by Crippen LogP contribution is 2.33. The number of ether oxygens (including phenoxy) is 3. The standard InChI is InChI=1S/C26H28N6O4/c1-17-4-6-19-11-20(26(33)27-22(19)9-17)13-31(12-18-5-7-23-24(10-18)36-16-35-23)15-25-28-29-30-32(25)14-21-3-2-8-34-21/h4-7,9-11,21H,2-3,8,12-16H2,1H3,(H,27,33)/t21-/m1/s1. The summed E-state index contributed by atoms with van der Waals surface area (Å²) in [6.45, 7) is 5.12. The summed E-state index contributed by atoms with van der Waals surface area (Å²) in [6, 6.07) is 14.0. The van der Waals surface area contributed by atoms with E-state index in [2.05, 4.69) is 25.4 Å². The summed E-state index contributed by atoms with van der Waals surface area (Å²) >= 11 is 0. The Kier molecular flexibility index (Phi) is 6.12. The fraction of sp³-hybridized carbons (Fsp3) is 0.385. The van der Waals surface area contributed by atoms with Crippen LogP contribution in [0.15, 0.2) is 47.3 Å². The predicted octanol–water partition coefficient (Wildman–Crippen LogP) is 2.93. The lowest BCUT2D eigenvalue weighted by Crippen LogP contribution is -2.29. The Morgan fingerprint density at radius 3 is 2.89 bits per heavy atom. The van der Waals surface area contributed by atoms with Crippen molar-refractivity contribution in [1.29, 1.82) is 0 Å². The molecule has 0 aliphatic carbocycles. The minimum absolute atomic E-state index is 0.0947. The van der Waals surface area contributed by atoms with E-state index in [0.29, 0.717) is 31.7 Å². The number of rotatable bonds is 8. The average molecular weight is 489 g/mol. The van der Waals surface area contributed by atoms with Crippen LogP contribution in [0, 0.1) is 6.92 Å². The van der Waals surface area contributed by atoms with Crippen LogP contribution in [0.1, 0.15) is 35.4 Å². The molecular formula is C26H28N6O4. The van der Waals surface area contributed by atoms with Crippen molar-refractivity contribution in [1.82, 2.24) is 30.1 Å². The highest BCUT2D eigenvalue weighted by atomic mass is 16.7. The topological polar surface area (TPSA) is 107 Å². The molecule has 2 aromatic carbocycles. The molecule has 1 fully saturated rings. The van der Waals surface area contributed by atoms with Crippen molar-refractivity contribution in [2.45, 2.75) is 52.0 Å². The molecule has 1 saturated heterocycles. The number of nitrogens with one attached hydrogen (secondary N) is 1. The van der Waals surface area contributed by atoms with E-state index in [0.717, 1.165) is 58.8 Å². The number of nitrogens with zero attached hydrogens (tertiary/aromatic N) is 5. The molecule has 4 heterocycles. The lowest BCUT2D eigenvalue weighted by Gasteiger charge is -2.22. The maximum atomic E-state index is 13.0. The van der Waals surface area contributed by atoms with Gasteiger partial charge in [0, 0.05) is 30.8 Å². The number of aromatic amines is 1. The van der Waals surface area contributed by atoms with Gasteiger partial charge < -0.3 is 19.2 Å². The van der Waals surface area contributed by atoms with Crippen LogP contribution in [0.4, 0.5) is 0 Å². The van der Waals surface area contributed by atoms with Gasteiger partial charge in [-0.2, -0.15) is 0 Å². The molecule has 0 unspecified atom stereocenters. The first kappa shape index (κ1) is 22.7. The van der Waals surface area contributed by atoms with Gasteiger partial charge in [0.25, 0.3) is 5.56 Å². The highest BCUT2D eigenvalue weighted by molar-refractivity contribution is 5.79. The maximum Gasteiger partial charge on any atom is 0.252 e. The third-order valence-electron chi connectivity index (χ3n) is 6.69. The smallest absolute Gasteiger partial charge is 0.252 e. The number of fused-ring (bicyclic) bond motifs is 2. The quantitative estimate of drug-likeness (QED) is 0.403. The van der Waals surface area contributed by atoms with E-state index in [-0.39, 0.29) is 18.5 Å². The van der Waals surface area contributed by atoms with Crippen molar-refractivity contribution in [3.63, 3.8) is 0 Å². The Balaban J connectivity index is 1.29. The van der Waals surface area contributed by atoms with E-state index in [1.54, 1.807) is 0 Å². The van der Waals surface area contributed by atoms with Crippen LogP contribution in [-0.2, 0) is 30.9 Å². The highest BCUT2D eigenvalue weighted by Gasteiger charge is 2.21. The second kappa shape index (κ2) is 9.71. The van der Waals surface area contributed by atoms with E-state index >= 15 is 0 Å². The zero-order valence-corrected chi connectivity index (χ0v) is 20.1. The van der Waals surface area contributed by atoms with Gasteiger partial charge in [-0.05, 0) is 71.0 Å². The van der Waals surface area contributed by atoms with Gasteiger partial charge in [-0.15, -0.1) is 5.10 Å². The molecule has 2 aromatic heterocycles. The van der Waals surface area contributed by atoms with Gasteiger partial charge in [-0.25, -0.2) is 4.68 Å². The van der Waals surface area contributed by atoms with Gasteiger partial charge >= 0.3 is 0 Å². The summed E-state index contributed by atoms with van der Waals surface area (Å²) < 4.78 is 18.6. The number of hydrogen-bond donors (Lipinski definition) is 1. The number of aryl methyl sites for hydroxylation is 1. The lowest BCUT2D eigenvalue weighted by molar-refractivity contribution is 0.0914. The fourth-order valence-corrected chi connectivity index (χ4v) is 4.84. The first-order chi connectivity index (χ1) is 17.6. The number of pyridine rings is 1. The summed E-state index contributed by atoms with van der Waals surface area (Å²) in [6.07, 6.45) is 2.19. The SMILES string of the molecule is Cc1ccc2cc(CN(Cc3ccc4c(c3)OCO4)Cc3nnnn3C[C@H]3CCCO3)c(=O)[nH]c2c1. The second-order valence-corrected chi connectivity index (χ2v) is 9.46. The Morgan fingerprint density at radius 2 is 2.00 bits per heavy atom. The zero-order chi connectivity index (χ0) is 24.5. The normalized spacial score (nSPS) is 16.9. The van der Waals surface area contributed by atoms with Gasteiger partial charge in [0.15, 0.2) is 17.3 Å². The molecule has 0 spiro atoms. The zero-order valence-electron chi connectivity index (χ0n) is 20.1. The predicted molar refractivity (Wildman–Crippen MR) is 132 cm³/mol. The van der Waals surface area contributed by atoms with E-state index in [4.69, 9.17) is 14.2 Å². The molecular weight excluding hydrogens is 460 g/mol. The average Bonchev–Trinajstić information content (AvgIpc) is 3.63. The van der Waals surface area contributed by atoms with E-state index in [1.165, 1.54) is 0 Å². The number of benzene rings is 2. The van der Waals surface area contributed by atoms with Gasteiger partial charge in [-0.1, -0.05) is 18.2 Å². The van der Waals surface area contributed by atoms with Gasteiger partial charge in [0.1, 0.15) is 0 Å². The monoisotopic (exact) mass is 488 g/mol. The van der Waals surface area contributed by atoms with Crippen LogP contribution in [-0.4, -0.2) is 49.6 Å². The van der Waals surface area contributed by atoms with Crippen molar-refractivity contribution in [3.8, 4) is 11.5 Å². The van der Waals surface area contributed by atoms with Crippen molar-refractivity contribution < 1.29 is 14.2 Å². The van der Waals surface area contributed by atoms with Crippen LogP contribution in [0.5, 0.6) is 11.5 Å². The molecule has 1 atom stereocenters. The van der Waals surface area contributed by atoms with E-state index in [9.17, 15) is 4.79 Å². The summed E-state index contributed by atoms with van der Waals surface area (Å²) in [5.74, 6) is 2.21. The first-order valence-electron chi connectivity index (χ1n) is 12.2. The van der Waals surface area contributed by atoms with Crippen LogP contribution in [0.25, 0.3) is 10.9 Å². The molecule has 0 saturated carbocycles. The molecule has 0 amide bonds. The summed E-state index contributed by atoms with van der Waals surface area (Å²) in [5, 5.41) is 13.4. The molecule has 0 radical (unpaired) electrons. The van der Waals surface area contributed by atoms with E-state index < -0.39 is 0 Å². The van der Waals surface area contributed by atoms with Crippen LogP contribution in [0.2, 0.25) is 0 Å². The molecule has 186 valence electrons.